The van der Waals surface area contributed by atoms with Crippen LogP contribution in [0.1, 0.15) is 10.6 Å². The van der Waals surface area contributed by atoms with Gasteiger partial charge < -0.3 is 9.52 Å². The third-order valence-electron chi connectivity index (χ3n) is 2.02. The molecular weight excluding hydrogens is 279 g/mol. The summed E-state index contributed by atoms with van der Waals surface area (Å²) < 4.78 is 18.6. The van der Waals surface area contributed by atoms with Crippen LogP contribution in [0, 0.1) is 5.82 Å². The lowest BCUT2D eigenvalue weighted by atomic mass is 10.2. The van der Waals surface area contributed by atoms with E-state index in [9.17, 15) is 9.18 Å². The Kier molecular flexibility index (Phi) is 2.78. The van der Waals surface area contributed by atoms with Crippen molar-refractivity contribution in [3.63, 3.8) is 0 Å². The van der Waals surface area contributed by atoms with E-state index < -0.39 is 11.8 Å². The van der Waals surface area contributed by atoms with Crippen LogP contribution in [0.25, 0.3) is 11.3 Å². The third-order valence-corrected chi connectivity index (χ3v) is 2.66. The van der Waals surface area contributed by atoms with E-state index >= 15 is 0 Å². The quantitative estimate of drug-likeness (QED) is 0.918. The summed E-state index contributed by atoms with van der Waals surface area (Å²) in [6.07, 6.45) is 0. The summed E-state index contributed by atoms with van der Waals surface area (Å²) in [5.74, 6) is -1.42. The first-order valence-corrected chi connectivity index (χ1v) is 5.16. The molecule has 0 bridgehead atoms. The number of carbonyl (C=O) groups is 1. The fraction of sp³-hybridized carbons (Fsp3) is 0. The molecular formula is C11H6BrFO3. The summed E-state index contributed by atoms with van der Waals surface area (Å²) >= 11 is 3.03. The zero-order valence-corrected chi connectivity index (χ0v) is 9.49. The molecule has 1 heterocycles. The zero-order chi connectivity index (χ0) is 11.7. The van der Waals surface area contributed by atoms with Gasteiger partial charge in [-0.15, -0.1) is 0 Å². The van der Waals surface area contributed by atoms with E-state index in [0.717, 1.165) is 0 Å². The van der Waals surface area contributed by atoms with E-state index in [4.69, 9.17) is 9.52 Å². The number of halogens is 2. The van der Waals surface area contributed by atoms with Crippen LogP contribution in [0.3, 0.4) is 0 Å². The van der Waals surface area contributed by atoms with Crippen molar-refractivity contribution in [3.05, 3.63) is 46.4 Å². The second-order valence-corrected chi connectivity index (χ2v) is 3.95. The van der Waals surface area contributed by atoms with Crippen LogP contribution < -0.4 is 0 Å². The first-order valence-electron chi connectivity index (χ1n) is 4.36. The highest BCUT2D eigenvalue weighted by Crippen LogP contribution is 2.26. The van der Waals surface area contributed by atoms with Gasteiger partial charge in [-0.1, -0.05) is 0 Å². The Morgan fingerprint density at radius 3 is 2.62 bits per heavy atom. The number of hydrogen-bond acceptors (Lipinski definition) is 2. The molecule has 0 radical (unpaired) electrons. The summed E-state index contributed by atoms with van der Waals surface area (Å²) in [7, 11) is 0. The van der Waals surface area contributed by atoms with Crippen molar-refractivity contribution in [3.8, 4) is 11.3 Å². The normalized spacial score (nSPS) is 10.4. The maximum atomic E-state index is 13.2. The van der Waals surface area contributed by atoms with Crippen molar-refractivity contribution in [1.29, 1.82) is 0 Å². The van der Waals surface area contributed by atoms with Crippen molar-refractivity contribution in [2.75, 3.05) is 0 Å². The van der Waals surface area contributed by atoms with E-state index in [2.05, 4.69) is 15.9 Å². The number of benzene rings is 1. The van der Waals surface area contributed by atoms with Crippen LogP contribution in [0.5, 0.6) is 0 Å². The predicted octanol–water partition coefficient (Wildman–Crippen LogP) is 3.55. The van der Waals surface area contributed by atoms with E-state index in [1.165, 1.54) is 24.3 Å². The molecule has 82 valence electrons. The lowest BCUT2D eigenvalue weighted by Gasteiger charge is -1.98. The Morgan fingerprint density at radius 2 is 2.06 bits per heavy atom. The fourth-order valence-corrected chi connectivity index (χ4v) is 1.50. The lowest BCUT2D eigenvalue weighted by Crippen LogP contribution is -1.91. The second kappa shape index (κ2) is 4.09. The molecule has 1 aromatic heterocycles. The second-order valence-electron chi connectivity index (χ2n) is 3.10. The number of rotatable bonds is 2. The van der Waals surface area contributed by atoms with Gasteiger partial charge in [-0.25, -0.2) is 9.18 Å². The van der Waals surface area contributed by atoms with Crippen LogP contribution in [0.2, 0.25) is 0 Å². The highest BCUT2D eigenvalue weighted by molar-refractivity contribution is 9.10. The third kappa shape index (κ3) is 1.99. The predicted molar refractivity (Wildman–Crippen MR) is 58.8 cm³/mol. The highest BCUT2D eigenvalue weighted by atomic mass is 79.9. The Balaban J connectivity index is 2.42. The van der Waals surface area contributed by atoms with Gasteiger partial charge in [0.05, 0.1) is 4.47 Å². The van der Waals surface area contributed by atoms with Gasteiger partial charge in [0.2, 0.25) is 5.76 Å². The molecule has 0 aliphatic carbocycles. The summed E-state index contributed by atoms with van der Waals surface area (Å²) in [6.45, 7) is 0. The summed E-state index contributed by atoms with van der Waals surface area (Å²) in [4.78, 5) is 10.6. The molecule has 0 saturated heterocycles. The first-order chi connectivity index (χ1) is 7.58. The Bertz CT molecular complexity index is 548. The molecule has 0 unspecified atom stereocenters. The number of hydrogen-bond donors (Lipinski definition) is 1. The number of aromatic carboxylic acids is 1. The first kappa shape index (κ1) is 10.9. The topological polar surface area (TPSA) is 50.4 Å². The van der Waals surface area contributed by atoms with E-state index in [-0.39, 0.29) is 5.76 Å². The van der Waals surface area contributed by atoms with Crippen molar-refractivity contribution in [2.24, 2.45) is 0 Å². The van der Waals surface area contributed by atoms with Gasteiger partial charge >= 0.3 is 5.97 Å². The van der Waals surface area contributed by atoms with Crippen LogP contribution in [-0.2, 0) is 0 Å². The summed E-state index contributed by atoms with van der Waals surface area (Å²) in [5, 5.41) is 8.67. The van der Waals surface area contributed by atoms with Crippen LogP contribution in [0.15, 0.2) is 39.2 Å². The number of furan rings is 1. The fourth-order valence-electron chi connectivity index (χ4n) is 1.26. The van der Waals surface area contributed by atoms with Gasteiger partial charge in [0.25, 0.3) is 0 Å². The van der Waals surface area contributed by atoms with E-state index in [0.29, 0.717) is 15.8 Å². The molecule has 0 spiro atoms. The minimum atomic E-state index is -1.15. The minimum absolute atomic E-state index is 0.168. The van der Waals surface area contributed by atoms with Crippen LogP contribution in [-0.4, -0.2) is 11.1 Å². The van der Waals surface area contributed by atoms with E-state index in [1.54, 1.807) is 6.07 Å². The minimum Gasteiger partial charge on any atom is -0.475 e. The van der Waals surface area contributed by atoms with Gasteiger partial charge in [-0.3, -0.25) is 0 Å². The summed E-state index contributed by atoms with van der Waals surface area (Å²) in [5.41, 5.74) is 0.494. The molecule has 5 heteroatoms. The SMILES string of the molecule is O=C(O)c1ccc(-c2ccc(Br)c(F)c2)o1. The maximum absolute atomic E-state index is 13.2. The van der Waals surface area contributed by atoms with Crippen molar-refractivity contribution in [1.82, 2.24) is 0 Å². The molecule has 0 saturated carbocycles. The van der Waals surface area contributed by atoms with Gasteiger partial charge in [-0.05, 0) is 46.3 Å². The molecule has 2 rings (SSSR count). The van der Waals surface area contributed by atoms with Gasteiger partial charge in [0.1, 0.15) is 11.6 Å². The van der Waals surface area contributed by atoms with E-state index in [1.807, 2.05) is 0 Å². The van der Waals surface area contributed by atoms with Gasteiger partial charge in [0.15, 0.2) is 0 Å². The molecule has 1 aromatic carbocycles. The summed E-state index contributed by atoms with van der Waals surface area (Å²) in [6, 6.07) is 7.27. The lowest BCUT2D eigenvalue weighted by molar-refractivity contribution is 0.0663. The molecule has 0 aliphatic heterocycles. The molecule has 16 heavy (non-hydrogen) atoms. The Labute approximate surface area is 98.6 Å². The number of carboxylic acid groups (broad SMARTS) is 1. The molecule has 0 amide bonds. The molecule has 0 aliphatic rings. The van der Waals surface area contributed by atoms with Gasteiger partial charge in [-0.2, -0.15) is 0 Å². The standard InChI is InChI=1S/C11H6BrFO3/c12-7-2-1-6(5-8(7)13)9-3-4-10(16-9)11(14)15/h1-5H,(H,14,15). The monoisotopic (exact) mass is 284 g/mol. The average molecular weight is 285 g/mol. The number of carboxylic acids is 1. The Hall–Kier alpha value is -1.62. The van der Waals surface area contributed by atoms with Crippen molar-refractivity contribution in [2.45, 2.75) is 0 Å². The van der Waals surface area contributed by atoms with Gasteiger partial charge in [0, 0.05) is 5.56 Å². The largest absolute Gasteiger partial charge is 0.475 e. The molecule has 2 aromatic rings. The van der Waals surface area contributed by atoms with Crippen molar-refractivity contribution < 1.29 is 18.7 Å². The van der Waals surface area contributed by atoms with Crippen LogP contribution >= 0.6 is 15.9 Å². The molecule has 1 N–H and O–H groups in total. The maximum Gasteiger partial charge on any atom is 0.371 e. The zero-order valence-electron chi connectivity index (χ0n) is 7.91. The molecule has 0 fully saturated rings. The molecule has 0 atom stereocenters. The molecule has 3 nitrogen and oxygen atoms in total. The Morgan fingerprint density at radius 1 is 1.31 bits per heavy atom. The van der Waals surface area contributed by atoms with Crippen molar-refractivity contribution >= 4 is 21.9 Å². The average Bonchev–Trinajstić information content (AvgIpc) is 2.71. The van der Waals surface area contributed by atoms with Crippen LogP contribution in [0.4, 0.5) is 4.39 Å². The highest BCUT2D eigenvalue weighted by Gasteiger charge is 2.11. The smallest absolute Gasteiger partial charge is 0.371 e.